The van der Waals surface area contributed by atoms with E-state index in [2.05, 4.69) is 16.4 Å². The Balaban J connectivity index is 2.18. The molecule has 3 aromatic rings. The van der Waals surface area contributed by atoms with Gasteiger partial charge in [-0.25, -0.2) is 4.39 Å². The molecule has 0 saturated carbocycles. The van der Waals surface area contributed by atoms with Crippen LogP contribution in [0.3, 0.4) is 0 Å². The average molecular weight is 351 g/mol. The van der Waals surface area contributed by atoms with Crippen LogP contribution in [-0.4, -0.2) is 18.2 Å². The number of benzene rings is 2. The number of hydrogen-bond donors (Lipinski definition) is 1. The Morgan fingerprint density at radius 2 is 1.81 bits per heavy atom. The van der Waals surface area contributed by atoms with Crippen molar-refractivity contribution in [3.8, 4) is 17.6 Å². The number of aromatic nitrogens is 1. The highest BCUT2D eigenvalue weighted by atomic mass is 19.1. The van der Waals surface area contributed by atoms with Gasteiger partial charge < -0.3 is 14.8 Å². The van der Waals surface area contributed by atoms with Crippen LogP contribution < -0.4 is 14.8 Å². The van der Waals surface area contributed by atoms with Gasteiger partial charge in [0.05, 0.1) is 24.5 Å². The molecule has 0 spiro atoms. The van der Waals surface area contributed by atoms with E-state index in [0.29, 0.717) is 47.2 Å². The van der Waals surface area contributed by atoms with Crippen LogP contribution in [0.5, 0.6) is 11.5 Å². The Hall–Kier alpha value is -3.33. The highest BCUT2D eigenvalue weighted by Crippen LogP contribution is 2.39. The molecule has 0 bridgehead atoms. The summed E-state index contributed by atoms with van der Waals surface area (Å²) < 4.78 is 24.5. The monoisotopic (exact) mass is 351 g/mol. The zero-order valence-electron chi connectivity index (χ0n) is 14.5. The van der Waals surface area contributed by atoms with E-state index in [9.17, 15) is 9.65 Å². The molecule has 1 aromatic heterocycles. The van der Waals surface area contributed by atoms with Gasteiger partial charge in [0.1, 0.15) is 17.4 Å². The largest absolute Gasteiger partial charge is 0.490 e. The molecule has 2 aromatic carbocycles. The summed E-state index contributed by atoms with van der Waals surface area (Å²) in [6.45, 7) is 4.74. The van der Waals surface area contributed by atoms with Gasteiger partial charge in [0, 0.05) is 17.3 Å². The number of hydrogen-bond acceptors (Lipinski definition) is 5. The Kier molecular flexibility index (Phi) is 5.18. The first-order valence-corrected chi connectivity index (χ1v) is 8.31. The number of nitrogens with one attached hydrogen (secondary N) is 1. The Morgan fingerprint density at radius 3 is 2.46 bits per heavy atom. The molecule has 0 atom stereocenters. The van der Waals surface area contributed by atoms with Crippen molar-refractivity contribution >= 4 is 22.3 Å². The summed E-state index contributed by atoms with van der Waals surface area (Å²) in [5.74, 6) is 0.820. The van der Waals surface area contributed by atoms with E-state index >= 15 is 0 Å². The van der Waals surface area contributed by atoms with Crippen molar-refractivity contribution in [2.45, 2.75) is 13.8 Å². The SMILES string of the molecule is CCOc1ccc2c(Nc3ccc(F)cc3)c(C#N)cnc2c1OCC. The van der Waals surface area contributed by atoms with Gasteiger partial charge in [0.25, 0.3) is 0 Å². The van der Waals surface area contributed by atoms with Crippen LogP contribution in [0.2, 0.25) is 0 Å². The third kappa shape index (κ3) is 3.38. The lowest BCUT2D eigenvalue weighted by Gasteiger charge is -2.16. The van der Waals surface area contributed by atoms with Gasteiger partial charge in [-0.15, -0.1) is 0 Å². The van der Waals surface area contributed by atoms with Gasteiger partial charge in [0.2, 0.25) is 0 Å². The summed E-state index contributed by atoms with van der Waals surface area (Å²) >= 11 is 0. The van der Waals surface area contributed by atoms with E-state index in [4.69, 9.17) is 9.47 Å². The minimum absolute atomic E-state index is 0.323. The number of nitriles is 1. The molecule has 0 aliphatic carbocycles. The van der Waals surface area contributed by atoms with Crippen molar-refractivity contribution in [3.05, 3.63) is 54.0 Å². The fourth-order valence-corrected chi connectivity index (χ4v) is 2.67. The topological polar surface area (TPSA) is 67.2 Å². The highest BCUT2D eigenvalue weighted by molar-refractivity contribution is 5.99. The number of anilines is 2. The van der Waals surface area contributed by atoms with E-state index < -0.39 is 0 Å². The number of halogens is 1. The summed E-state index contributed by atoms with van der Waals surface area (Å²) in [4.78, 5) is 4.40. The van der Waals surface area contributed by atoms with Gasteiger partial charge >= 0.3 is 0 Å². The van der Waals surface area contributed by atoms with Gasteiger partial charge in [-0.2, -0.15) is 5.26 Å². The predicted molar refractivity (Wildman–Crippen MR) is 98.5 cm³/mol. The van der Waals surface area contributed by atoms with E-state index in [-0.39, 0.29) is 5.82 Å². The molecule has 6 heteroatoms. The molecule has 3 rings (SSSR count). The van der Waals surface area contributed by atoms with Crippen molar-refractivity contribution in [3.63, 3.8) is 0 Å². The van der Waals surface area contributed by atoms with Crippen molar-refractivity contribution in [2.75, 3.05) is 18.5 Å². The van der Waals surface area contributed by atoms with Crippen LogP contribution >= 0.6 is 0 Å². The standard InChI is InChI=1S/C20H18FN3O2/c1-3-25-17-10-9-16-18(24-15-7-5-14(21)6-8-15)13(11-22)12-23-19(16)20(17)26-4-2/h5-10,12H,3-4H2,1-2H3,(H,23,24). The Morgan fingerprint density at radius 1 is 1.08 bits per heavy atom. The molecule has 1 heterocycles. The molecule has 5 nitrogen and oxygen atoms in total. The van der Waals surface area contributed by atoms with E-state index in [1.165, 1.54) is 18.3 Å². The van der Waals surface area contributed by atoms with Crippen LogP contribution in [0.4, 0.5) is 15.8 Å². The van der Waals surface area contributed by atoms with Crippen LogP contribution in [0.15, 0.2) is 42.6 Å². The first-order chi connectivity index (χ1) is 12.7. The lowest BCUT2D eigenvalue weighted by Crippen LogP contribution is -2.02. The smallest absolute Gasteiger partial charge is 0.187 e. The molecule has 0 fully saturated rings. The van der Waals surface area contributed by atoms with E-state index in [1.54, 1.807) is 18.2 Å². The number of rotatable bonds is 6. The molecule has 0 saturated heterocycles. The molecule has 0 aliphatic rings. The lowest BCUT2D eigenvalue weighted by atomic mass is 10.1. The van der Waals surface area contributed by atoms with Crippen molar-refractivity contribution < 1.29 is 13.9 Å². The second-order valence-corrected chi connectivity index (χ2v) is 5.45. The molecule has 0 amide bonds. The molecule has 0 radical (unpaired) electrons. The summed E-state index contributed by atoms with van der Waals surface area (Å²) in [5, 5.41) is 13.4. The molecular formula is C20H18FN3O2. The second kappa shape index (κ2) is 7.70. The fraction of sp³-hybridized carbons (Fsp3) is 0.200. The summed E-state index contributed by atoms with van der Waals surface area (Å²) in [5.41, 5.74) is 2.24. The molecule has 0 unspecified atom stereocenters. The van der Waals surface area contributed by atoms with Gasteiger partial charge in [-0.3, -0.25) is 4.98 Å². The Bertz CT molecular complexity index is 965. The number of fused-ring (bicyclic) bond motifs is 1. The first-order valence-electron chi connectivity index (χ1n) is 8.31. The van der Waals surface area contributed by atoms with Crippen molar-refractivity contribution in [2.24, 2.45) is 0 Å². The number of ether oxygens (including phenoxy) is 2. The minimum atomic E-state index is -0.323. The predicted octanol–water partition coefficient (Wildman–Crippen LogP) is 4.79. The Labute approximate surface area is 151 Å². The minimum Gasteiger partial charge on any atom is -0.490 e. The summed E-state index contributed by atoms with van der Waals surface area (Å²) in [6.07, 6.45) is 1.49. The van der Waals surface area contributed by atoms with Crippen molar-refractivity contribution in [1.82, 2.24) is 4.98 Å². The summed E-state index contributed by atoms with van der Waals surface area (Å²) in [7, 11) is 0. The van der Waals surface area contributed by atoms with Crippen LogP contribution in [0.25, 0.3) is 10.9 Å². The lowest BCUT2D eigenvalue weighted by molar-refractivity contribution is 0.290. The van der Waals surface area contributed by atoms with E-state index in [0.717, 1.165) is 5.39 Å². The van der Waals surface area contributed by atoms with Crippen LogP contribution in [0, 0.1) is 17.1 Å². The maximum absolute atomic E-state index is 13.2. The van der Waals surface area contributed by atoms with Gasteiger partial charge in [0.15, 0.2) is 11.5 Å². The van der Waals surface area contributed by atoms with Crippen molar-refractivity contribution in [1.29, 1.82) is 5.26 Å². The zero-order chi connectivity index (χ0) is 18.5. The quantitative estimate of drug-likeness (QED) is 0.692. The molecule has 26 heavy (non-hydrogen) atoms. The van der Waals surface area contributed by atoms with Crippen LogP contribution in [-0.2, 0) is 0 Å². The molecule has 132 valence electrons. The third-order valence-corrected chi connectivity index (χ3v) is 3.78. The first kappa shape index (κ1) is 17.5. The zero-order valence-corrected chi connectivity index (χ0v) is 14.5. The number of pyridine rings is 1. The molecule has 1 N–H and O–H groups in total. The van der Waals surface area contributed by atoms with E-state index in [1.807, 2.05) is 19.9 Å². The van der Waals surface area contributed by atoms with Crippen LogP contribution in [0.1, 0.15) is 19.4 Å². The second-order valence-electron chi connectivity index (χ2n) is 5.45. The molecular weight excluding hydrogens is 333 g/mol. The van der Waals surface area contributed by atoms with Gasteiger partial charge in [-0.1, -0.05) is 0 Å². The summed E-state index contributed by atoms with van der Waals surface area (Å²) in [6, 6.07) is 11.7. The highest BCUT2D eigenvalue weighted by Gasteiger charge is 2.16. The van der Waals surface area contributed by atoms with Gasteiger partial charge in [-0.05, 0) is 50.2 Å². The normalized spacial score (nSPS) is 10.4. The maximum Gasteiger partial charge on any atom is 0.187 e. The maximum atomic E-state index is 13.2. The third-order valence-electron chi connectivity index (χ3n) is 3.78. The average Bonchev–Trinajstić information content (AvgIpc) is 2.66. The fourth-order valence-electron chi connectivity index (χ4n) is 2.67. The molecule has 0 aliphatic heterocycles. The number of nitrogens with zero attached hydrogens (tertiary/aromatic N) is 2.